The number of likely N-dealkylation sites (N-methyl/N-ethyl adjacent to an activating group) is 1. The molecule has 0 radical (unpaired) electrons. The minimum Gasteiger partial charge on any atom is -0.395 e. The first-order valence-corrected chi connectivity index (χ1v) is 5.75. The Morgan fingerprint density at radius 3 is 2.61 bits per heavy atom. The van der Waals surface area contributed by atoms with Crippen LogP contribution in [0.5, 0.6) is 0 Å². The third-order valence-corrected chi connectivity index (χ3v) is 3.06. The van der Waals surface area contributed by atoms with E-state index in [9.17, 15) is 18.9 Å². The highest BCUT2D eigenvalue weighted by atomic mass is 79.9. The van der Waals surface area contributed by atoms with Gasteiger partial charge in [0.1, 0.15) is 5.69 Å². The molecule has 1 rings (SSSR count). The molecule has 0 unspecified atom stereocenters. The Hall–Kier alpha value is -1.28. The van der Waals surface area contributed by atoms with Crippen molar-refractivity contribution in [3.05, 3.63) is 32.3 Å². The average molecular weight is 325 g/mol. The van der Waals surface area contributed by atoms with Crippen LogP contribution >= 0.6 is 15.9 Å². The number of hydrogen-bond acceptors (Lipinski definition) is 4. The van der Waals surface area contributed by atoms with Gasteiger partial charge in [-0.15, -0.1) is 0 Å². The van der Waals surface area contributed by atoms with Crippen molar-refractivity contribution in [3.63, 3.8) is 0 Å². The Kier molecular flexibility index (Phi) is 4.97. The van der Waals surface area contributed by atoms with Crippen LogP contribution in [0.4, 0.5) is 20.2 Å². The minimum atomic E-state index is -2.80. The van der Waals surface area contributed by atoms with Crippen LogP contribution in [0.25, 0.3) is 0 Å². The maximum absolute atomic E-state index is 12.6. The maximum Gasteiger partial charge on any atom is 0.293 e. The number of rotatable bonds is 5. The Balaban J connectivity index is 3.33. The molecular weight excluding hydrogens is 314 g/mol. The highest BCUT2D eigenvalue weighted by Crippen LogP contribution is 2.37. The molecule has 0 spiro atoms. The van der Waals surface area contributed by atoms with Crippen molar-refractivity contribution in [2.24, 2.45) is 0 Å². The lowest BCUT2D eigenvalue weighted by Gasteiger charge is -2.19. The van der Waals surface area contributed by atoms with Gasteiger partial charge in [0.15, 0.2) is 0 Å². The molecule has 0 amide bonds. The van der Waals surface area contributed by atoms with E-state index < -0.39 is 22.6 Å². The summed E-state index contributed by atoms with van der Waals surface area (Å²) in [6, 6.07) is 2.10. The number of nitrogens with zero attached hydrogens (tertiary/aromatic N) is 2. The van der Waals surface area contributed by atoms with Crippen LogP contribution in [0.3, 0.4) is 0 Å². The van der Waals surface area contributed by atoms with Gasteiger partial charge in [-0.3, -0.25) is 10.1 Å². The summed E-state index contributed by atoms with van der Waals surface area (Å²) in [6.45, 7) is -0.0246. The van der Waals surface area contributed by atoms with E-state index >= 15 is 0 Å². The number of hydrogen-bond donors (Lipinski definition) is 1. The number of anilines is 1. The zero-order chi connectivity index (χ0) is 13.9. The number of aliphatic hydroxyl groups excluding tert-OH is 1. The normalized spacial score (nSPS) is 10.8. The Morgan fingerprint density at radius 2 is 2.17 bits per heavy atom. The molecule has 0 saturated carbocycles. The van der Waals surface area contributed by atoms with Gasteiger partial charge in [0.2, 0.25) is 0 Å². The SMILES string of the molecule is CN(CCO)c1cc(Br)c(C(F)F)cc1[N+](=O)[O-]. The number of nitro groups is 1. The van der Waals surface area contributed by atoms with Crippen LogP contribution in [-0.2, 0) is 0 Å². The van der Waals surface area contributed by atoms with Gasteiger partial charge in [0.25, 0.3) is 12.1 Å². The van der Waals surface area contributed by atoms with Gasteiger partial charge >= 0.3 is 0 Å². The predicted molar refractivity (Wildman–Crippen MR) is 66.1 cm³/mol. The van der Waals surface area contributed by atoms with Crippen LogP contribution < -0.4 is 4.90 Å². The van der Waals surface area contributed by atoms with Crippen LogP contribution in [-0.4, -0.2) is 30.2 Å². The summed E-state index contributed by atoms with van der Waals surface area (Å²) in [5.41, 5.74) is -0.669. The molecule has 1 aromatic carbocycles. The van der Waals surface area contributed by atoms with Gasteiger partial charge in [-0.2, -0.15) is 0 Å². The second-order valence-corrected chi connectivity index (χ2v) is 4.42. The number of nitro benzene ring substituents is 1. The molecule has 0 aliphatic carbocycles. The fraction of sp³-hybridized carbons (Fsp3) is 0.400. The Bertz CT molecular complexity index is 457. The number of aliphatic hydroxyl groups is 1. The lowest BCUT2D eigenvalue weighted by atomic mass is 10.1. The monoisotopic (exact) mass is 324 g/mol. The molecule has 100 valence electrons. The second-order valence-electron chi connectivity index (χ2n) is 3.57. The van der Waals surface area contributed by atoms with Crippen molar-refractivity contribution in [2.45, 2.75) is 6.43 Å². The molecule has 0 aromatic heterocycles. The third-order valence-electron chi connectivity index (χ3n) is 2.37. The third kappa shape index (κ3) is 3.14. The summed E-state index contributed by atoms with van der Waals surface area (Å²) in [6.07, 6.45) is -2.80. The molecule has 5 nitrogen and oxygen atoms in total. The predicted octanol–water partition coefficient (Wildman–Crippen LogP) is 2.72. The Morgan fingerprint density at radius 1 is 1.56 bits per heavy atom. The molecule has 0 aliphatic rings. The van der Waals surface area contributed by atoms with Crippen molar-refractivity contribution in [1.29, 1.82) is 0 Å². The zero-order valence-corrected chi connectivity index (χ0v) is 11.0. The van der Waals surface area contributed by atoms with E-state index in [1.54, 1.807) is 0 Å². The fourth-order valence-electron chi connectivity index (χ4n) is 1.46. The Labute approximate surface area is 110 Å². The summed E-state index contributed by atoms with van der Waals surface area (Å²) < 4.78 is 25.4. The summed E-state index contributed by atoms with van der Waals surface area (Å²) in [7, 11) is 1.53. The van der Waals surface area contributed by atoms with Gasteiger partial charge in [-0.05, 0) is 6.07 Å². The van der Waals surface area contributed by atoms with Crippen LogP contribution in [0.2, 0.25) is 0 Å². The number of alkyl halides is 2. The van der Waals surface area contributed by atoms with E-state index in [4.69, 9.17) is 5.11 Å². The van der Waals surface area contributed by atoms with Crippen molar-refractivity contribution in [1.82, 2.24) is 0 Å². The lowest BCUT2D eigenvalue weighted by molar-refractivity contribution is -0.384. The van der Waals surface area contributed by atoms with Crippen LogP contribution in [0.15, 0.2) is 16.6 Å². The molecule has 0 aliphatic heterocycles. The molecule has 0 fully saturated rings. The quantitative estimate of drug-likeness (QED) is 0.668. The average Bonchev–Trinajstić information content (AvgIpc) is 2.27. The van der Waals surface area contributed by atoms with Crippen LogP contribution in [0.1, 0.15) is 12.0 Å². The van der Waals surface area contributed by atoms with E-state index in [0.29, 0.717) is 0 Å². The van der Waals surface area contributed by atoms with Gasteiger partial charge < -0.3 is 10.0 Å². The summed E-state index contributed by atoms with van der Waals surface area (Å²) in [5, 5.41) is 19.7. The molecular formula is C10H11BrF2N2O3. The van der Waals surface area contributed by atoms with E-state index in [1.807, 2.05) is 0 Å². The second kappa shape index (κ2) is 6.05. The summed E-state index contributed by atoms with van der Waals surface area (Å²) >= 11 is 2.96. The highest BCUT2D eigenvalue weighted by Gasteiger charge is 2.23. The largest absolute Gasteiger partial charge is 0.395 e. The fourth-order valence-corrected chi connectivity index (χ4v) is 1.96. The molecule has 8 heteroatoms. The molecule has 0 atom stereocenters. The molecule has 0 saturated heterocycles. The summed E-state index contributed by atoms with van der Waals surface area (Å²) in [5.74, 6) is 0. The first kappa shape index (κ1) is 14.8. The topological polar surface area (TPSA) is 66.6 Å². The van der Waals surface area contributed by atoms with Crippen molar-refractivity contribution >= 4 is 27.3 Å². The van der Waals surface area contributed by atoms with E-state index in [2.05, 4.69) is 15.9 Å². The molecule has 1 N–H and O–H groups in total. The smallest absolute Gasteiger partial charge is 0.293 e. The molecule has 0 heterocycles. The minimum absolute atomic E-state index is 0.0999. The lowest BCUT2D eigenvalue weighted by Crippen LogP contribution is -2.22. The van der Waals surface area contributed by atoms with Gasteiger partial charge in [0.05, 0.1) is 11.5 Å². The molecule has 18 heavy (non-hydrogen) atoms. The van der Waals surface area contributed by atoms with E-state index in [-0.39, 0.29) is 23.3 Å². The zero-order valence-electron chi connectivity index (χ0n) is 9.44. The van der Waals surface area contributed by atoms with E-state index in [1.165, 1.54) is 18.0 Å². The molecule has 1 aromatic rings. The van der Waals surface area contributed by atoms with Crippen molar-refractivity contribution in [3.8, 4) is 0 Å². The molecule has 0 bridgehead atoms. The van der Waals surface area contributed by atoms with Crippen LogP contribution in [0, 0.1) is 10.1 Å². The maximum atomic E-state index is 12.6. The van der Waals surface area contributed by atoms with E-state index in [0.717, 1.165) is 6.07 Å². The van der Waals surface area contributed by atoms with Crippen molar-refractivity contribution in [2.75, 3.05) is 25.1 Å². The van der Waals surface area contributed by atoms with Gasteiger partial charge in [-0.1, -0.05) is 15.9 Å². The van der Waals surface area contributed by atoms with Crippen molar-refractivity contribution < 1.29 is 18.8 Å². The standard InChI is InChI=1S/C10H11BrF2N2O3/c1-14(2-3-16)8-5-7(11)6(10(12)13)4-9(8)15(17)18/h4-5,10,16H,2-3H2,1H3. The first-order valence-electron chi connectivity index (χ1n) is 4.96. The number of benzene rings is 1. The highest BCUT2D eigenvalue weighted by molar-refractivity contribution is 9.10. The first-order chi connectivity index (χ1) is 8.38. The van der Waals surface area contributed by atoms with Gasteiger partial charge in [0, 0.05) is 29.7 Å². The van der Waals surface area contributed by atoms with Gasteiger partial charge in [-0.25, -0.2) is 8.78 Å². The summed E-state index contributed by atoms with van der Waals surface area (Å²) in [4.78, 5) is 11.6. The number of halogens is 3.